The average molecular weight is 307 g/mol. The lowest BCUT2D eigenvalue weighted by molar-refractivity contribution is -0.139. The van der Waals surface area contributed by atoms with Gasteiger partial charge in [-0.1, -0.05) is 12.1 Å². The van der Waals surface area contributed by atoms with Crippen LogP contribution in [-0.2, 0) is 21.8 Å². The Labute approximate surface area is 115 Å². The first-order valence-electron chi connectivity index (χ1n) is 5.78. The maximum Gasteiger partial charge on any atom is 0.416 e. The molecule has 0 bridgehead atoms. The van der Waals surface area contributed by atoms with Crippen molar-refractivity contribution in [2.24, 2.45) is 0 Å². The molecule has 1 aliphatic heterocycles. The van der Waals surface area contributed by atoms with Crippen LogP contribution in [0.3, 0.4) is 0 Å². The van der Waals surface area contributed by atoms with Crippen molar-refractivity contribution in [1.29, 1.82) is 0 Å². The van der Waals surface area contributed by atoms with E-state index in [9.17, 15) is 22.2 Å². The number of carbonyl (C=O) groups is 1. The predicted octanol–water partition coefficient (Wildman–Crippen LogP) is 1.55. The maximum absolute atomic E-state index is 12.6. The smallest absolute Gasteiger partial charge is 0.416 e. The Bertz CT molecular complexity index is 547. The number of halogens is 3. The van der Waals surface area contributed by atoms with Gasteiger partial charge < -0.3 is 5.11 Å². The van der Waals surface area contributed by atoms with Crippen molar-refractivity contribution in [3.8, 4) is 0 Å². The van der Waals surface area contributed by atoms with E-state index in [0.29, 0.717) is 5.56 Å². The fourth-order valence-electron chi connectivity index (χ4n) is 2.05. The summed E-state index contributed by atoms with van der Waals surface area (Å²) in [6, 6.07) is 2.95. The topological polar surface area (TPSA) is 66.4 Å². The van der Waals surface area contributed by atoms with Gasteiger partial charge in [0.1, 0.15) is 6.04 Å². The van der Waals surface area contributed by atoms with Crippen molar-refractivity contribution in [3.05, 3.63) is 35.4 Å². The predicted molar refractivity (Wildman–Crippen MR) is 66.6 cm³/mol. The quantitative estimate of drug-likeness (QED) is 0.870. The summed E-state index contributed by atoms with van der Waals surface area (Å²) in [6.45, 7) is 0. The molecule has 2 rings (SSSR count). The zero-order valence-electron chi connectivity index (χ0n) is 10.2. The highest BCUT2D eigenvalue weighted by Gasteiger charge is 2.34. The molecule has 0 radical (unpaired) electrons. The Morgan fingerprint density at radius 3 is 2.65 bits per heavy atom. The van der Waals surface area contributed by atoms with Crippen molar-refractivity contribution in [2.75, 3.05) is 11.5 Å². The summed E-state index contributed by atoms with van der Waals surface area (Å²) < 4.78 is 49.6. The molecule has 1 aromatic carbocycles. The molecule has 8 heteroatoms. The van der Waals surface area contributed by atoms with Gasteiger partial charge in [-0.25, -0.2) is 0 Å². The van der Waals surface area contributed by atoms with Crippen LogP contribution in [0.1, 0.15) is 17.2 Å². The molecule has 1 aliphatic rings. The highest BCUT2D eigenvalue weighted by Crippen LogP contribution is 2.31. The van der Waals surface area contributed by atoms with Gasteiger partial charge in [0, 0.05) is 28.3 Å². The molecule has 110 valence electrons. The zero-order chi connectivity index (χ0) is 14.9. The Kier molecular flexibility index (Phi) is 4.14. The summed E-state index contributed by atoms with van der Waals surface area (Å²) in [6.07, 6.45) is -4.46. The van der Waals surface area contributed by atoms with Crippen LogP contribution in [0.5, 0.6) is 0 Å². The van der Waals surface area contributed by atoms with E-state index in [1.807, 2.05) is 0 Å². The standard InChI is InChI=1S/C12H12F3NO3S/c13-12(14,15)8-3-1-2-7(4-8)9-5-20(19)6-10(16-9)11(17)18/h1-4,9-10,16H,5-6H2,(H,17,18). The second-order valence-electron chi connectivity index (χ2n) is 4.51. The number of benzene rings is 1. The van der Waals surface area contributed by atoms with E-state index < -0.39 is 40.6 Å². The minimum Gasteiger partial charge on any atom is -0.480 e. The zero-order valence-corrected chi connectivity index (χ0v) is 11.0. The molecule has 1 saturated heterocycles. The lowest BCUT2D eigenvalue weighted by Crippen LogP contribution is -2.49. The molecule has 1 fully saturated rings. The second kappa shape index (κ2) is 5.53. The van der Waals surface area contributed by atoms with E-state index in [1.165, 1.54) is 12.1 Å². The summed E-state index contributed by atoms with van der Waals surface area (Å²) in [4.78, 5) is 10.9. The summed E-state index contributed by atoms with van der Waals surface area (Å²) in [5.41, 5.74) is -0.515. The lowest BCUT2D eigenvalue weighted by Gasteiger charge is -2.28. The van der Waals surface area contributed by atoms with Gasteiger partial charge in [-0.3, -0.25) is 14.3 Å². The normalized spacial score (nSPS) is 27.2. The Hall–Kier alpha value is -1.41. The van der Waals surface area contributed by atoms with Crippen molar-refractivity contribution in [1.82, 2.24) is 5.32 Å². The van der Waals surface area contributed by atoms with Gasteiger partial charge in [0.15, 0.2) is 0 Å². The number of hydrogen-bond acceptors (Lipinski definition) is 3. The van der Waals surface area contributed by atoms with E-state index >= 15 is 0 Å². The van der Waals surface area contributed by atoms with Gasteiger partial charge in [0.05, 0.1) is 5.56 Å². The molecule has 0 amide bonds. The molecule has 0 spiro atoms. The van der Waals surface area contributed by atoms with Crippen LogP contribution < -0.4 is 5.32 Å². The van der Waals surface area contributed by atoms with Crippen LogP contribution in [0.15, 0.2) is 24.3 Å². The first-order valence-corrected chi connectivity index (χ1v) is 7.27. The minimum absolute atomic E-state index is 0.0369. The molecule has 4 nitrogen and oxygen atoms in total. The third-order valence-electron chi connectivity index (χ3n) is 3.02. The van der Waals surface area contributed by atoms with Gasteiger partial charge in [-0.05, 0) is 17.7 Å². The highest BCUT2D eigenvalue weighted by atomic mass is 32.2. The van der Waals surface area contributed by atoms with E-state index in [1.54, 1.807) is 0 Å². The van der Waals surface area contributed by atoms with E-state index in [4.69, 9.17) is 5.11 Å². The monoisotopic (exact) mass is 307 g/mol. The molecule has 3 atom stereocenters. The number of carboxylic acid groups (broad SMARTS) is 1. The van der Waals surface area contributed by atoms with Gasteiger partial charge in [0.25, 0.3) is 0 Å². The summed E-state index contributed by atoms with van der Waals surface area (Å²) in [7, 11) is -1.37. The molecule has 2 N–H and O–H groups in total. The number of rotatable bonds is 2. The van der Waals surface area contributed by atoms with Gasteiger partial charge >= 0.3 is 12.1 Å². The number of hydrogen-bond donors (Lipinski definition) is 2. The van der Waals surface area contributed by atoms with Crippen molar-refractivity contribution >= 4 is 16.8 Å². The Morgan fingerprint density at radius 2 is 2.05 bits per heavy atom. The third kappa shape index (κ3) is 3.37. The van der Waals surface area contributed by atoms with E-state index in [-0.39, 0.29) is 11.5 Å². The maximum atomic E-state index is 12.6. The molecule has 3 unspecified atom stereocenters. The molecule has 0 aliphatic carbocycles. The van der Waals surface area contributed by atoms with E-state index in [0.717, 1.165) is 12.1 Å². The average Bonchev–Trinajstić information content (AvgIpc) is 2.37. The van der Waals surface area contributed by atoms with Crippen LogP contribution in [0.4, 0.5) is 13.2 Å². The SMILES string of the molecule is O=C(O)C1CS(=O)CC(c2cccc(C(F)(F)F)c2)N1. The summed E-state index contributed by atoms with van der Waals surface area (Å²) >= 11 is 0. The summed E-state index contributed by atoms with van der Waals surface area (Å²) in [5, 5.41) is 11.6. The van der Waals surface area contributed by atoms with Crippen LogP contribution >= 0.6 is 0 Å². The van der Waals surface area contributed by atoms with E-state index in [2.05, 4.69) is 5.32 Å². The second-order valence-corrected chi connectivity index (χ2v) is 6.05. The fourth-order valence-corrected chi connectivity index (χ4v) is 3.45. The summed E-state index contributed by atoms with van der Waals surface area (Å²) in [5.74, 6) is -1.09. The third-order valence-corrected chi connectivity index (χ3v) is 4.43. The fraction of sp³-hybridized carbons (Fsp3) is 0.417. The lowest BCUT2D eigenvalue weighted by atomic mass is 10.0. The van der Waals surface area contributed by atoms with Gasteiger partial charge in [0.2, 0.25) is 0 Å². The van der Waals surface area contributed by atoms with Crippen molar-refractivity contribution < 1.29 is 27.3 Å². The van der Waals surface area contributed by atoms with Crippen LogP contribution in [0.25, 0.3) is 0 Å². The molecule has 1 aromatic rings. The van der Waals surface area contributed by atoms with Crippen molar-refractivity contribution in [3.63, 3.8) is 0 Å². The largest absolute Gasteiger partial charge is 0.480 e. The molecule has 1 heterocycles. The van der Waals surface area contributed by atoms with Gasteiger partial charge in [-0.15, -0.1) is 0 Å². The number of alkyl halides is 3. The molecule has 0 aromatic heterocycles. The molecule has 0 saturated carbocycles. The van der Waals surface area contributed by atoms with Crippen molar-refractivity contribution in [2.45, 2.75) is 18.3 Å². The molecular formula is C12H12F3NO3S. The first-order chi connectivity index (χ1) is 9.27. The minimum atomic E-state index is -4.46. The van der Waals surface area contributed by atoms with Crippen LogP contribution in [-0.4, -0.2) is 32.8 Å². The van der Waals surface area contributed by atoms with Crippen LogP contribution in [0.2, 0.25) is 0 Å². The Morgan fingerprint density at radius 1 is 1.35 bits per heavy atom. The number of nitrogens with one attached hydrogen (secondary N) is 1. The Balaban J connectivity index is 2.26. The molecule has 20 heavy (non-hydrogen) atoms. The first kappa shape index (κ1) is 15.0. The molecular weight excluding hydrogens is 295 g/mol. The highest BCUT2D eigenvalue weighted by molar-refractivity contribution is 7.85. The number of aliphatic carboxylic acids is 1. The van der Waals surface area contributed by atoms with Crippen LogP contribution in [0, 0.1) is 0 Å². The number of carboxylic acids is 1. The van der Waals surface area contributed by atoms with Gasteiger partial charge in [-0.2, -0.15) is 13.2 Å².